The standard InChI is InChI=1S/C28H38F2N2OS/c1-4-6-12-32(27-9-7-8-22-11-10-20(5-2)15-25(22)27)18-28(34)26(31-19(3)33)16-21-13-23(29)17-24(30)14-21/h10-11,13-15,17,26-28,34H,4-9,12,16,18H2,1-3H3,(H,31,33). The maximum Gasteiger partial charge on any atom is 0.217 e. The van der Waals surface area contributed by atoms with Crippen molar-refractivity contribution >= 4 is 18.5 Å². The third-order valence-corrected chi connectivity index (χ3v) is 7.32. The Morgan fingerprint density at radius 1 is 1.15 bits per heavy atom. The minimum Gasteiger partial charge on any atom is -0.352 e. The summed E-state index contributed by atoms with van der Waals surface area (Å²) in [4.78, 5) is 14.5. The first kappa shape index (κ1) is 26.7. The van der Waals surface area contributed by atoms with Crippen LogP contribution in [-0.2, 0) is 24.1 Å². The van der Waals surface area contributed by atoms with Crippen LogP contribution in [0.15, 0.2) is 36.4 Å². The summed E-state index contributed by atoms with van der Waals surface area (Å²) in [6, 6.07) is 10.4. The van der Waals surface area contributed by atoms with E-state index in [1.54, 1.807) is 0 Å². The molecule has 2 aromatic rings. The Morgan fingerprint density at radius 3 is 2.53 bits per heavy atom. The Morgan fingerprint density at radius 2 is 1.88 bits per heavy atom. The van der Waals surface area contributed by atoms with Crippen LogP contribution >= 0.6 is 12.6 Å². The van der Waals surface area contributed by atoms with Gasteiger partial charge in [-0.25, -0.2) is 8.78 Å². The Balaban J connectivity index is 1.84. The molecule has 0 fully saturated rings. The van der Waals surface area contributed by atoms with Crippen LogP contribution in [0, 0.1) is 11.6 Å². The second kappa shape index (κ2) is 12.7. The van der Waals surface area contributed by atoms with Crippen molar-refractivity contribution < 1.29 is 13.6 Å². The number of carbonyl (C=O) groups excluding carboxylic acids is 1. The molecular formula is C28H38F2N2OS. The molecule has 1 amide bonds. The SMILES string of the molecule is CCCCN(CC(S)C(Cc1cc(F)cc(F)c1)NC(C)=O)C1CCCc2ccc(CC)cc21. The van der Waals surface area contributed by atoms with E-state index in [2.05, 4.69) is 42.3 Å². The van der Waals surface area contributed by atoms with Crippen LogP contribution in [0.3, 0.4) is 0 Å². The van der Waals surface area contributed by atoms with Gasteiger partial charge < -0.3 is 5.32 Å². The zero-order valence-electron chi connectivity index (χ0n) is 20.6. The molecular weight excluding hydrogens is 450 g/mol. The van der Waals surface area contributed by atoms with E-state index in [9.17, 15) is 13.6 Å². The van der Waals surface area contributed by atoms with Gasteiger partial charge in [-0.2, -0.15) is 12.6 Å². The number of benzene rings is 2. The molecule has 3 nitrogen and oxygen atoms in total. The molecule has 0 heterocycles. The first-order valence-corrected chi connectivity index (χ1v) is 13.1. The molecule has 34 heavy (non-hydrogen) atoms. The van der Waals surface area contributed by atoms with Crippen LogP contribution in [0.2, 0.25) is 0 Å². The molecule has 3 unspecified atom stereocenters. The van der Waals surface area contributed by atoms with Crippen LogP contribution in [0.4, 0.5) is 8.78 Å². The molecule has 0 spiro atoms. The fraction of sp³-hybridized carbons (Fsp3) is 0.536. The lowest BCUT2D eigenvalue weighted by Gasteiger charge is -2.39. The van der Waals surface area contributed by atoms with Gasteiger partial charge in [0.1, 0.15) is 11.6 Å². The lowest BCUT2D eigenvalue weighted by molar-refractivity contribution is -0.119. The van der Waals surface area contributed by atoms with Gasteiger partial charge in [0, 0.05) is 36.9 Å². The number of unbranched alkanes of at least 4 members (excludes halogenated alkanes) is 1. The summed E-state index contributed by atoms with van der Waals surface area (Å²) in [6.07, 6.45) is 6.89. The van der Waals surface area contributed by atoms with Gasteiger partial charge in [0.2, 0.25) is 5.91 Å². The summed E-state index contributed by atoms with van der Waals surface area (Å²) in [5.41, 5.74) is 4.73. The van der Waals surface area contributed by atoms with Gasteiger partial charge >= 0.3 is 0 Å². The molecule has 0 saturated heterocycles. The maximum atomic E-state index is 13.8. The van der Waals surface area contributed by atoms with Gasteiger partial charge in [0.05, 0.1) is 0 Å². The molecule has 2 aromatic carbocycles. The van der Waals surface area contributed by atoms with E-state index in [4.69, 9.17) is 12.6 Å². The predicted octanol–water partition coefficient (Wildman–Crippen LogP) is 6.05. The lowest BCUT2D eigenvalue weighted by Crippen LogP contribution is -2.47. The van der Waals surface area contributed by atoms with E-state index in [1.807, 2.05) is 0 Å². The average molecular weight is 489 g/mol. The number of carbonyl (C=O) groups is 1. The maximum absolute atomic E-state index is 13.8. The number of hydrogen-bond acceptors (Lipinski definition) is 3. The summed E-state index contributed by atoms with van der Waals surface area (Å²) in [5, 5.41) is 2.79. The van der Waals surface area contributed by atoms with Crippen molar-refractivity contribution in [3.8, 4) is 0 Å². The topological polar surface area (TPSA) is 32.3 Å². The number of amides is 1. The number of nitrogens with zero attached hydrogens (tertiary/aromatic N) is 1. The number of aryl methyl sites for hydroxylation is 2. The summed E-state index contributed by atoms with van der Waals surface area (Å²) in [5.74, 6) is -1.39. The highest BCUT2D eigenvalue weighted by atomic mass is 32.1. The molecule has 0 bridgehead atoms. The molecule has 0 aromatic heterocycles. The molecule has 1 aliphatic carbocycles. The molecule has 186 valence electrons. The fourth-order valence-corrected chi connectivity index (χ4v) is 5.44. The second-order valence-electron chi connectivity index (χ2n) is 9.50. The predicted molar refractivity (Wildman–Crippen MR) is 138 cm³/mol. The molecule has 6 heteroatoms. The normalized spacial score (nSPS) is 17.3. The van der Waals surface area contributed by atoms with Crippen LogP contribution in [-0.4, -0.2) is 35.2 Å². The summed E-state index contributed by atoms with van der Waals surface area (Å²) in [7, 11) is 0. The summed E-state index contributed by atoms with van der Waals surface area (Å²) in [6.45, 7) is 7.49. The van der Waals surface area contributed by atoms with Gasteiger partial charge in [0.15, 0.2) is 0 Å². The van der Waals surface area contributed by atoms with Crippen molar-refractivity contribution in [1.29, 1.82) is 0 Å². The zero-order chi connectivity index (χ0) is 24.7. The van der Waals surface area contributed by atoms with Crippen LogP contribution < -0.4 is 5.32 Å². The minimum absolute atomic E-state index is 0.170. The first-order valence-electron chi connectivity index (χ1n) is 12.6. The van der Waals surface area contributed by atoms with Crippen LogP contribution in [0.25, 0.3) is 0 Å². The summed E-state index contributed by atoms with van der Waals surface area (Å²) < 4.78 is 27.6. The minimum atomic E-state index is -0.609. The molecule has 0 radical (unpaired) electrons. The van der Waals surface area contributed by atoms with E-state index in [0.717, 1.165) is 51.1 Å². The Hall–Kier alpha value is -1.92. The van der Waals surface area contributed by atoms with Gasteiger partial charge in [-0.15, -0.1) is 0 Å². The van der Waals surface area contributed by atoms with E-state index in [1.165, 1.54) is 35.7 Å². The summed E-state index contributed by atoms with van der Waals surface area (Å²) >= 11 is 4.93. The lowest BCUT2D eigenvalue weighted by atomic mass is 9.85. The molecule has 1 N–H and O–H groups in total. The van der Waals surface area contributed by atoms with E-state index < -0.39 is 11.6 Å². The van der Waals surface area contributed by atoms with Crippen LogP contribution in [0.1, 0.15) is 74.8 Å². The highest BCUT2D eigenvalue weighted by Crippen LogP contribution is 2.36. The first-order chi connectivity index (χ1) is 16.3. The smallest absolute Gasteiger partial charge is 0.217 e. The van der Waals surface area contributed by atoms with Gasteiger partial charge in [-0.05, 0) is 79.5 Å². The highest BCUT2D eigenvalue weighted by molar-refractivity contribution is 7.81. The average Bonchev–Trinajstić information content (AvgIpc) is 2.79. The monoisotopic (exact) mass is 488 g/mol. The quantitative estimate of drug-likeness (QED) is 0.377. The number of thiol groups is 1. The van der Waals surface area contributed by atoms with Gasteiger partial charge in [-0.1, -0.05) is 38.5 Å². The van der Waals surface area contributed by atoms with Crippen molar-refractivity contribution in [3.05, 3.63) is 70.3 Å². The Labute approximate surface area is 208 Å². The number of rotatable bonds is 11. The molecule has 1 aliphatic rings. The van der Waals surface area contributed by atoms with Gasteiger partial charge in [0.25, 0.3) is 0 Å². The number of nitrogens with one attached hydrogen (secondary N) is 1. The molecule has 3 rings (SSSR count). The van der Waals surface area contributed by atoms with Crippen LogP contribution in [0.5, 0.6) is 0 Å². The van der Waals surface area contributed by atoms with Crippen molar-refractivity contribution in [2.24, 2.45) is 0 Å². The number of hydrogen-bond donors (Lipinski definition) is 2. The van der Waals surface area contributed by atoms with E-state index in [0.29, 0.717) is 24.6 Å². The fourth-order valence-electron chi connectivity index (χ4n) is 5.05. The van der Waals surface area contributed by atoms with E-state index in [-0.39, 0.29) is 17.2 Å². The van der Waals surface area contributed by atoms with E-state index >= 15 is 0 Å². The molecule has 0 saturated carbocycles. The van der Waals surface area contributed by atoms with Crippen molar-refractivity contribution in [3.63, 3.8) is 0 Å². The van der Waals surface area contributed by atoms with Crippen molar-refractivity contribution in [2.75, 3.05) is 13.1 Å². The Bertz CT molecular complexity index is 947. The third-order valence-electron chi connectivity index (χ3n) is 6.79. The molecule has 0 aliphatic heterocycles. The van der Waals surface area contributed by atoms with Crippen molar-refractivity contribution in [1.82, 2.24) is 10.2 Å². The number of halogens is 2. The largest absolute Gasteiger partial charge is 0.352 e. The third kappa shape index (κ3) is 7.29. The van der Waals surface area contributed by atoms with Gasteiger partial charge in [-0.3, -0.25) is 9.69 Å². The highest BCUT2D eigenvalue weighted by Gasteiger charge is 2.30. The Kier molecular flexibility index (Phi) is 9.96. The number of fused-ring (bicyclic) bond motifs is 1. The zero-order valence-corrected chi connectivity index (χ0v) is 21.5. The second-order valence-corrected chi connectivity index (χ2v) is 10.2. The van der Waals surface area contributed by atoms with Crippen molar-refractivity contribution in [2.45, 2.75) is 83.1 Å². The molecule has 3 atom stereocenters.